The second kappa shape index (κ2) is 12.2. The summed E-state index contributed by atoms with van der Waals surface area (Å²) in [5.74, 6) is 1.17. The van der Waals surface area contributed by atoms with Crippen molar-refractivity contribution < 1.29 is 17.9 Å². The van der Waals surface area contributed by atoms with Crippen LogP contribution >= 0.6 is 0 Å². The fraction of sp³-hybridized carbons (Fsp3) is 0.700. The van der Waals surface area contributed by atoms with Crippen molar-refractivity contribution in [2.24, 2.45) is 5.41 Å². The van der Waals surface area contributed by atoms with Crippen LogP contribution in [0.25, 0.3) is 0 Å². The van der Waals surface area contributed by atoms with E-state index < -0.39 is 26.6 Å². The molecule has 1 aromatic carbocycles. The predicted molar refractivity (Wildman–Crippen MR) is 149 cm³/mol. The van der Waals surface area contributed by atoms with Gasteiger partial charge in [-0.1, -0.05) is 80.5 Å². The maximum absolute atomic E-state index is 13.0. The molecule has 0 bridgehead atoms. The van der Waals surface area contributed by atoms with Gasteiger partial charge in [0.2, 0.25) is 0 Å². The van der Waals surface area contributed by atoms with Gasteiger partial charge in [-0.15, -0.1) is 0 Å². The normalized spacial score (nSPS) is 16.2. The Morgan fingerprint density at radius 2 is 1.37 bits per heavy atom. The molecular weight excluding hydrogens is 456 g/mol. The van der Waals surface area contributed by atoms with Crippen molar-refractivity contribution in [3.05, 3.63) is 46.0 Å². The summed E-state index contributed by atoms with van der Waals surface area (Å²) in [5, 5.41) is -0.642. The van der Waals surface area contributed by atoms with Gasteiger partial charge in [-0.25, -0.2) is 8.42 Å². The summed E-state index contributed by atoms with van der Waals surface area (Å²) >= 11 is 0. The Kier molecular flexibility index (Phi) is 11.0. The zero-order valence-electron chi connectivity index (χ0n) is 24.4. The molecule has 0 unspecified atom stereocenters. The van der Waals surface area contributed by atoms with Crippen molar-refractivity contribution in [1.82, 2.24) is 0 Å². The Labute approximate surface area is 215 Å². The SMILES string of the molecule is C/C(=C/[C@H](C)S(C)(=O)=O)[C@@H](CC(=O)C(C)(C)C)O[C@@H](C)c1c(C(C)C)cc(C(C)C)cc1C(C)C. The third-order valence-corrected chi connectivity index (χ3v) is 8.33. The summed E-state index contributed by atoms with van der Waals surface area (Å²) in [5.41, 5.74) is 5.35. The van der Waals surface area contributed by atoms with Crippen molar-refractivity contribution in [2.75, 3.05) is 6.26 Å². The van der Waals surface area contributed by atoms with E-state index in [9.17, 15) is 13.2 Å². The van der Waals surface area contributed by atoms with Crippen molar-refractivity contribution in [1.29, 1.82) is 0 Å². The van der Waals surface area contributed by atoms with Gasteiger partial charge in [-0.05, 0) is 66.4 Å². The van der Waals surface area contributed by atoms with Crippen LogP contribution < -0.4 is 0 Å². The predicted octanol–water partition coefficient (Wildman–Crippen LogP) is 7.89. The van der Waals surface area contributed by atoms with E-state index in [-0.39, 0.29) is 18.3 Å². The van der Waals surface area contributed by atoms with Crippen LogP contribution in [0.3, 0.4) is 0 Å². The minimum Gasteiger partial charge on any atom is -0.366 e. The van der Waals surface area contributed by atoms with E-state index in [0.29, 0.717) is 17.8 Å². The summed E-state index contributed by atoms with van der Waals surface area (Å²) in [4.78, 5) is 13.0. The van der Waals surface area contributed by atoms with Crippen LogP contribution in [0.5, 0.6) is 0 Å². The Morgan fingerprint density at radius 1 is 0.914 bits per heavy atom. The molecule has 0 amide bonds. The molecule has 200 valence electrons. The molecule has 1 aromatic rings. The number of benzene rings is 1. The van der Waals surface area contributed by atoms with Gasteiger partial charge in [0.1, 0.15) is 5.78 Å². The first-order chi connectivity index (χ1) is 15.8. The number of rotatable bonds is 11. The molecular formula is C30H50O4S. The monoisotopic (exact) mass is 506 g/mol. The summed E-state index contributed by atoms with van der Waals surface area (Å²) < 4.78 is 30.9. The topological polar surface area (TPSA) is 60.4 Å². The van der Waals surface area contributed by atoms with Gasteiger partial charge < -0.3 is 4.74 Å². The number of carbonyl (C=O) groups excluding carboxylic acids is 1. The highest BCUT2D eigenvalue weighted by atomic mass is 32.2. The minimum absolute atomic E-state index is 0.0952. The Morgan fingerprint density at radius 3 is 1.71 bits per heavy atom. The van der Waals surface area contributed by atoms with Crippen molar-refractivity contribution in [3.8, 4) is 0 Å². The maximum atomic E-state index is 13.0. The largest absolute Gasteiger partial charge is 0.366 e. The van der Waals surface area contributed by atoms with Crippen LogP contribution in [0.2, 0.25) is 0 Å². The van der Waals surface area contributed by atoms with Crippen molar-refractivity contribution >= 4 is 15.6 Å². The first-order valence-electron chi connectivity index (χ1n) is 13.0. The number of ether oxygens (including phenoxy) is 1. The van der Waals surface area contributed by atoms with Crippen LogP contribution in [0.4, 0.5) is 0 Å². The number of carbonyl (C=O) groups is 1. The third kappa shape index (κ3) is 8.86. The number of sulfone groups is 1. The smallest absolute Gasteiger partial charge is 0.153 e. The molecule has 5 heteroatoms. The zero-order valence-corrected chi connectivity index (χ0v) is 25.3. The molecule has 1 rings (SSSR count). The molecule has 0 aliphatic rings. The van der Waals surface area contributed by atoms with Gasteiger partial charge in [0, 0.05) is 18.1 Å². The van der Waals surface area contributed by atoms with Gasteiger partial charge in [0.15, 0.2) is 9.84 Å². The standard InChI is InChI=1S/C30H50O4S/c1-18(2)24-15-25(19(3)4)29(26(16-24)20(5)6)23(9)34-27(17-28(31)30(10,11)12)21(7)14-22(8)35(13,32)33/h14-16,18-20,22-23,27H,17H2,1-13H3/b21-14-/t22-,23-,27+/m0/s1. The Bertz CT molecular complexity index is 978. The lowest BCUT2D eigenvalue weighted by Gasteiger charge is -2.31. The Balaban J connectivity index is 3.61. The van der Waals surface area contributed by atoms with Crippen molar-refractivity contribution in [3.63, 3.8) is 0 Å². The molecule has 0 saturated heterocycles. The molecule has 35 heavy (non-hydrogen) atoms. The average Bonchev–Trinajstić information content (AvgIpc) is 2.70. The quantitative estimate of drug-likeness (QED) is 0.286. The molecule has 0 saturated carbocycles. The highest BCUT2D eigenvalue weighted by Gasteiger charge is 2.30. The van der Waals surface area contributed by atoms with Gasteiger partial charge in [0.05, 0.1) is 17.5 Å². The minimum atomic E-state index is -3.23. The van der Waals surface area contributed by atoms with Crippen LogP contribution in [-0.2, 0) is 19.4 Å². The maximum Gasteiger partial charge on any atom is 0.153 e. The van der Waals surface area contributed by atoms with Crippen LogP contribution in [0, 0.1) is 5.41 Å². The zero-order chi connectivity index (χ0) is 27.5. The molecule has 0 radical (unpaired) electrons. The second-order valence-electron chi connectivity index (χ2n) is 12.2. The lowest BCUT2D eigenvalue weighted by molar-refractivity contribution is -0.129. The molecule has 3 atom stereocenters. The lowest BCUT2D eigenvalue weighted by Crippen LogP contribution is -2.29. The summed E-state index contributed by atoms with van der Waals surface area (Å²) in [7, 11) is -3.23. The van der Waals surface area contributed by atoms with Gasteiger partial charge >= 0.3 is 0 Å². The second-order valence-corrected chi connectivity index (χ2v) is 14.6. The lowest BCUT2D eigenvalue weighted by atomic mass is 9.82. The summed E-state index contributed by atoms with van der Waals surface area (Å²) in [6.45, 7) is 24.6. The first kappa shape index (κ1) is 31.6. The number of Topliss-reactive ketones (excluding diaryl/α,β-unsaturated/α-hetero) is 1. The van der Waals surface area contributed by atoms with E-state index in [0.717, 1.165) is 5.57 Å². The van der Waals surface area contributed by atoms with Gasteiger partial charge in [-0.2, -0.15) is 0 Å². The summed E-state index contributed by atoms with van der Waals surface area (Å²) in [6.07, 6.45) is 2.44. The fourth-order valence-electron chi connectivity index (χ4n) is 4.19. The van der Waals surface area contributed by atoms with E-state index in [1.807, 2.05) is 27.7 Å². The molecule has 0 aliphatic heterocycles. The highest BCUT2D eigenvalue weighted by Crippen LogP contribution is 2.38. The van der Waals surface area contributed by atoms with Crippen molar-refractivity contribution in [2.45, 2.75) is 125 Å². The first-order valence-corrected chi connectivity index (χ1v) is 15.0. The number of hydrogen-bond donors (Lipinski definition) is 0. The molecule has 0 fully saturated rings. The molecule has 0 aromatic heterocycles. The van der Waals surface area contributed by atoms with Crippen LogP contribution in [-0.4, -0.2) is 31.8 Å². The molecule has 4 nitrogen and oxygen atoms in total. The van der Waals surface area contributed by atoms with E-state index in [4.69, 9.17) is 4.74 Å². The molecule has 0 spiro atoms. The molecule has 0 N–H and O–H groups in total. The van der Waals surface area contributed by atoms with Crippen LogP contribution in [0.15, 0.2) is 23.8 Å². The fourth-order valence-corrected chi connectivity index (χ4v) is 4.65. The average molecular weight is 507 g/mol. The highest BCUT2D eigenvalue weighted by molar-refractivity contribution is 7.91. The number of hydrogen-bond acceptors (Lipinski definition) is 4. The Hall–Kier alpha value is -1.46. The van der Waals surface area contributed by atoms with E-state index >= 15 is 0 Å². The van der Waals surface area contributed by atoms with E-state index in [2.05, 4.69) is 60.6 Å². The third-order valence-electron chi connectivity index (χ3n) is 6.84. The molecule has 0 aliphatic carbocycles. The number of ketones is 1. The van der Waals surface area contributed by atoms with Crippen LogP contribution in [0.1, 0.15) is 136 Å². The summed E-state index contributed by atoms with van der Waals surface area (Å²) in [6, 6.07) is 4.61. The van der Waals surface area contributed by atoms with E-state index in [1.54, 1.807) is 13.0 Å². The van der Waals surface area contributed by atoms with Gasteiger partial charge in [-0.3, -0.25) is 4.79 Å². The molecule has 0 heterocycles. The van der Waals surface area contributed by atoms with E-state index in [1.165, 1.54) is 28.5 Å². The van der Waals surface area contributed by atoms with Gasteiger partial charge in [0.25, 0.3) is 0 Å².